The Kier molecular flexibility index (Phi) is 6.32. The van der Waals surface area contributed by atoms with Crippen LogP contribution in [-0.4, -0.2) is 41.2 Å². The predicted molar refractivity (Wildman–Crippen MR) is 117 cm³/mol. The van der Waals surface area contributed by atoms with E-state index in [1.807, 2.05) is 20.8 Å². The van der Waals surface area contributed by atoms with Crippen molar-refractivity contribution in [2.24, 2.45) is 0 Å². The highest BCUT2D eigenvalue weighted by Gasteiger charge is 2.24. The lowest BCUT2D eigenvalue weighted by atomic mass is 9.99. The molecule has 1 amide bonds. The number of hydrogen-bond acceptors (Lipinski definition) is 3. The molecule has 2 aromatic rings. The summed E-state index contributed by atoms with van der Waals surface area (Å²) in [5.74, 6) is 0. The van der Waals surface area contributed by atoms with Gasteiger partial charge in [-0.15, -0.1) is 0 Å². The minimum atomic E-state index is -0.460. The Bertz CT molecular complexity index is 845. The number of carbonyl (C=O) groups is 1. The molecule has 0 atom stereocenters. The number of aromatic nitrogens is 1. The Morgan fingerprint density at radius 3 is 2.79 bits per heavy atom. The summed E-state index contributed by atoms with van der Waals surface area (Å²) >= 11 is 0. The standard InChI is InChI=1S/C23H33N3O2/c1-5-6-7-12-24-18-8-9-21-19(15-18)20(16-25-21)17-10-13-26(14-11-17)22(27)28-23(2,3)4/h8-10,15-16,24-25H,5-7,11-14H2,1-4H3. The van der Waals surface area contributed by atoms with Crippen molar-refractivity contribution in [3.05, 3.63) is 36.0 Å². The van der Waals surface area contributed by atoms with Gasteiger partial charge in [0, 0.05) is 48.0 Å². The number of aromatic amines is 1. The maximum atomic E-state index is 12.3. The average molecular weight is 384 g/mol. The molecule has 5 heteroatoms. The molecule has 2 N–H and O–H groups in total. The summed E-state index contributed by atoms with van der Waals surface area (Å²) in [6.07, 6.45) is 8.52. The molecule has 1 aromatic heterocycles. The van der Waals surface area contributed by atoms with Crippen LogP contribution in [0, 0.1) is 0 Å². The van der Waals surface area contributed by atoms with Crippen LogP contribution in [0.2, 0.25) is 0 Å². The molecule has 28 heavy (non-hydrogen) atoms. The van der Waals surface area contributed by atoms with Gasteiger partial charge in [0.25, 0.3) is 0 Å². The number of H-pyrrole nitrogens is 1. The quantitative estimate of drug-likeness (QED) is 0.620. The lowest BCUT2D eigenvalue weighted by Gasteiger charge is -2.29. The second-order valence-corrected chi connectivity index (χ2v) is 8.50. The van der Waals surface area contributed by atoms with Gasteiger partial charge in [-0.1, -0.05) is 25.8 Å². The molecule has 0 radical (unpaired) electrons. The van der Waals surface area contributed by atoms with Crippen molar-refractivity contribution in [3.8, 4) is 0 Å². The van der Waals surface area contributed by atoms with E-state index in [1.165, 1.54) is 35.8 Å². The lowest BCUT2D eigenvalue weighted by molar-refractivity contribution is 0.0270. The highest BCUT2D eigenvalue weighted by molar-refractivity contribution is 5.95. The molecule has 0 fully saturated rings. The third-order valence-corrected chi connectivity index (χ3v) is 5.00. The zero-order chi connectivity index (χ0) is 20.1. The van der Waals surface area contributed by atoms with Gasteiger partial charge < -0.3 is 19.9 Å². The second-order valence-electron chi connectivity index (χ2n) is 8.50. The van der Waals surface area contributed by atoms with E-state index in [1.54, 1.807) is 4.90 Å². The first-order valence-electron chi connectivity index (χ1n) is 10.4. The molecule has 0 unspecified atom stereocenters. The van der Waals surface area contributed by atoms with Gasteiger partial charge in [-0.05, 0) is 57.4 Å². The minimum Gasteiger partial charge on any atom is -0.444 e. The van der Waals surface area contributed by atoms with Crippen LogP contribution < -0.4 is 5.32 Å². The smallest absolute Gasteiger partial charge is 0.410 e. The summed E-state index contributed by atoms with van der Waals surface area (Å²) in [7, 11) is 0. The molecular weight excluding hydrogens is 350 g/mol. The number of carbonyl (C=O) groups excluding carboxylic acids is 1. The third-order valence-electron chi connectivity index (χ3n) is 5.00. The molecule has 1 aromatic carbocycles. The van der Waals surface area contributed by atoms with E-state index >= 15 is 0 Å². The molecule has 1 aliphatic heterocycles. The van der Waals surface area contributed by atoms with Crippen molar-refractivity contribution >= 4 is 28.3 Å². The summed E-state index contributed by atoms with van der Waals surface area (Å²) in [6, 6.07) is 6.50. The van der Waals surface area contributed by atoms with Gasteiger partial charge in [-0.25, -0.2) is 4.79 Å². The molecule has 0 spiro atoms. The summed E-state index contributed by atoms with van der Waals surface area (Å²) in [5, 5.41) is 4.77. The predicted octanol–water partition coefficient (Wildman–Crippen LogP) is 5.79. The number of unbranched alkanes of at least 4 members (excludes halogenated alkanes) is 2. The normalized spacial score (nSPS) is 14.9. The molecule has 0 saturated carbocycles. The van der Waals surface area contributed by atoms with Crippen LogP contribution in [0.1, 0.15) is 58.9 Å². The zero-order valence-electron chi connectivity index (χ0n) is 17.6. The monoisotopic (exact) mass is 383 g/mol. The van der Waals surface area contributed by atoms with E-state index in [0.717, 1.165) is 24.2 Å². The number of hydrogen-bond donors (Lipinski definition) is 2. The Hall–Kier alpha value is -2.43. The van der Waals surface area contributed by atoms with E-state index in [9.17, 15) is 4.79 Å². The highest BCUT2D eigenvalue weighted by Crippen LogP contribution is 2.31. The van der Waals surface area contributed by atoms with Crippen molar-refractivity contribution < 1.29 is 9.53 Å². The van der Waals surface area contributed by atoms with Gasteiger partial charge in [0.15, 0.2) is 0 Å². The van der Waals surface area contributed by atoms with Crippen molar-refractivity contribution in [2.45, 2.75) is 59.0 Å². The summed E-state index contributed by atoms with van der Waals surface area (Å²) in [6.45, 7) is 10.2. The average Bonchev–Trinajstić information content (AvgIpc) is 3.07. The largest absolute Gasteiger partial charge is 0.444 e. The zero-order valence-corrected chi connectivity index (χ0v) is 17.6. The maximum Gasteiger partial charge on any atom is 0.410 e. The fourth-order valence-corrected chi connectivity index (χ4v) is 3.51. The Labute approximate surface area is 168 Å². The number of amides is 1. The van der Waals surface area contributed by atoms with Crippen LogP contribution in [0.3, 0.4) is 0 Å². The molecule has 2 heterocycles. The van der Waals surface area contributed by atoms with Gasteiger partial charge in [-0.3, -0.25) is 0 Å². The maximum absolute atomic E-state index is 12.3. The van der Waals surface area contributed by atoms with Crippen LogP contribution in [0.5, 0.6) is 0 Å². The van der Waals surface area contributed by atoms with Gasteiger partial charge >= 0.3 is 6.09 Å². The van der Waals surface area contributed by atoms with Crippen LogP contribution in [0.25, 0.3) is 16.5 Å². The number of fused-ring (bicyclic) bond motifs is 1. The molecule has 152 valence electrons. The first kappa shape index (κ1) is 20.3. The second kappa shape index (κ2) is 8.72. The number of ether oxygens (including phenoxy) is 1. The Morgan fingerprint density at radius 2 is 2.11 bits per heavy atom. The molecule has 1 aliphatic rings. The fourth-order valence-electron chi connectivity index (χ4n) is 3.51. The minimum absolute atomic E-state index is 0.236. The van der Waals surface area contributed by atoms with E-state index in [4.69, 9.17) is 4.74 Å². The topological polar surface area (TPSA) is 57.4 Å². The van der Waals surface area contributed by atoms with Gasteiger partial charge in [0.1, 0.15) is 5.60 Å². The van der Waals surface area contributed by atoms with Crippen molar-refractivity contribution in [2.75, 3.05) is 25.0 Å². The van der Waals surface area contributed by atoms with Gasteiger partial charge in [0.2, 0.25) is 0 Å². The number of anilines is 1. The van der Waals surface area contributed by atoms with Gasteiger partial charge in [-0.2, -0.15) is 0 Å². The number of benzene rings is 1. The third kappa shape index (κ3) is 5.09. The van der Waals surface area contributed by atoms with Crippen molar-refractivity contribution in [3.63, 3.8) is 0 Å². The van der Waals surface area contributed by atoms with Crippen LogP contribution in [0.15, 0.2) is 30.5 Å². The summed E-state index contributed by atoms with van der Waals surface area (Å²) in [5.41, 5.74) is 4.37. The molecular formula is C23H33N3O2. The van der Waals surface area contributed by atoms with Crippen LogP contribution in [-0.2, 0) is 4.74 Å². The first-order chi connectivity index (χ1) is 13.4. The SMILES string of the molecule is CCCCCNc1ccc2[nH]cc(C3=CCN(C(=O)OC(C)(C)C)CC3)c2c1. The number of nitrogens with zero attached hydrogens (tertiary/aromatic N) is 1. The van der Waals surface area contributed by atoms with E-state index in [-0.39, 0.29) is 6.09 Å². The molecule has 0 aliphatic carbocycles. The lowest BCUT2D eigenvalue weighted by Crippen LogP contribution is -2.39. The van der Waals surface area contributed by atoms with Crippen LogP contribution >= 0.6 is 0 Å². The highest BCUT2D eigenvalue weighted by atomic mass is 16.6. The summed E-state index contributed by atoms with van der Waals surface area (Å²) < 4.78 is 5.49. The number of nitrogens with one attached hydrogen (secondary N) is 2. The molecule has 5 nitrogen and oxygen atoms in total. The van der Waals surface area contributed by atoms with E-state index in [2.05, 4.69) is 47.7 Å². The summed E-state index contributed by atoms with van der Waals surface area (Å²) in [4.78, 5) is 17.4. The molecule has 3 rings (SSSR count). The van der Waals surface area contributed by atoms with Crippen LogP contribution in [0.4, 0.5) is 10.5 Å². The molecule has 0 bridgehead atoms. The van der Waals surface area contributed by atoms with Crippen molar-refractivity contribution in [1.82, 2.24) is 9.88 Å². The Morgan fingerprint density at radius 1 is 1.29 bits per heavy atom. The van der Waals surface area contributed by atoms with E-state index in [0.29, 0.717) is 13.1 Å². The van der Waals surface area contributed by atoms with E-state index < -0.39 is 5.60 Å². The fraction of sp³-hybridized carbons (Fsp3) is 0.522. The van der Waals surface area contributed by atoms with Gasteiger partial charge in [0.05, 0.1) is 0 Å². The van der Waals surface area contributed by atoms with Crippen molar-refractivity contribution in [1.29, 1.82) is 0 Å². The first-order valence-corrected chi connectivity index (χ1v) is 10.4. The number of rotatable bonds is 6. The molecule has 0 saturated heterocycles. The Balaban J connectivity index is 1.70.